The summed E-state index contributed by atoms with van der Waals surface area (Å²) in [6.45, 7) is 11.6. The second-order valence-electron chi connectivity index (χ2n) is 5.05. The molecule has 2 heterocycles. The number of nitrogens with zero attached hydrogens (tertiary/aromatic N) is 3. The Morgan fingerprint density at radius 3 is 2.61 bits per heavy atom. The number of anilines is 2. The maximum atomic E-state index is 6.01. The van der Waals surface area contributed by atoms with Gasteiger partial charge in [-0.1, -0.05) is 38.6 Å². The van der Waals surface area contributed by atoms with Gasteiger partial charge in [-0.05, 0) is 11.6 Å². The molecule has 2 aromatic rings. The number of nitrogens with one attached hydrogen (secondary N) is 1. The highest BCUT2D eigenvalue weighted by Gasteiger charge is 2.13. The molecule has 1 fully saturated rings. The molecule has 3 rings (SSSR count). The first-order chi connectivity index (χ1) is 11.3. The van der Waals surface area contributed by atoms with Crippen molar-refractivity contribution in [2.75, 3.05) is 36.8 Å². The van der Waals surface area contributed by atoms with E-state index in [1.54, 1.807) is 12.3 Å². The number of rotatable bonds is 3. The minimum Gasteiger partial charge on any atom is -0.398 e. The molecule has 1 saturated heterocycles. The summed E-state index contributed by atoms with van der Waals surface area (Å²) < 4.78 is 0. The molecular weight excluding hydrogens is 286 g/mol. The number of benzene rings is 1. The van der Waals surface area contributed by atoms with E-state index in [2.05, 4.69) is 21.8 Å². The fraction of sp³-hybridized carbons (Fsp3) is 0.333. The van der Waals surface area contributed by atoms with Crippen LogP contribution in [0, 0.1) is 0 Å². The summed E-state index contributed by atoms with van der Waals surface area (Å²) in [5.41, 5.74) is 9.47. The number of hydrogen-bond acceptors (Lipinski definition) is 5. The molecule has 0 saturated carbocycles. The summed E-state index contributed by atoms with van der Waals surface area (Å²) in [7, 11) is 0. The van der Waals surface area contributed by atoms with Crippen molar-refractivity contribution in [2.24, 2.45) is 0 Å². The molecule has 3 N–H and O–H groups in total. The molecular formula is C18H25N5. The van der Waals surface area contributed by atoms with Crippen LogP contribution in [0.5, 0.6) is 0 Å². The van der Waals surface area contributed by atoms with E-state index in [4.69, 9.17) is 10.7 Å². The van der Waals surface area contributed by atoms with Gasteiger partial charge in [0.2, 0.25) is 0 Å². The minimum atomic E-state index is 0.705. The zero-order valence-corrected chi connectivity index (χ0v) is 13.9. The lowest BCUT2D eigenvalue weighted by atomic mass is 10.1. The van der Waals surface area contributed by atoms with Gasteiger partial charge in [-0.3, -0.25) is 4.98 Å². The molecule has 0 radical (unpaired) electrons. The van der Waals surface area contributed by atoms with Crippen LogP contribution >= 0.6 is 0 Å². The second-order valence-corrected chi connectivity index (χ2v) is 5.05. The van der Waals surface area contributed by atoms with Gasteiger partial charge < -0.3 is 16.0 Å². The van der Waals surface area contributed by atoms with Crippen LogP contribution in [0.1, 0.15) is 19.4 Å². The van der Waals surface area contributed by atoms with E-state index in [-0.39, 0.29) is 0 Å². The molecule has 0 amide bonds. The molecule has 0 aliphatic carbocycles. The summed E-state index contributed by atoms with van der Waals surface area (Å²) in [6.07, 6.45) is 5.34. The van der Waals surface area contributed by atoms with E-state index in [0.29, 0.717) is 5.69 Å². The summed E-state index contributed by atoms with van der Waals surface area (Å²) in [5.74, 6) is 0.917. The normalized spacial score (nSPS) is 13.9. The molecule has 5 heteroatoms. The Hall–Kier alpha value is -2.40. The third-order valence-electron chi connectivity index (χ3n) is 3.67. The number of aromatic nitrogens is 2. The van der Waals surface area contributed by atoms with Crippen LogP contribution in [0.3, 0.4) is 0 Å². The predicted molar refractivity (Wildman–Crippen MR) is 98.4 cm³/mol. The molecule has 0 spiro atoms. The van der Waals surface area contributed by atoms with Gasteiger partial charge in [-0.15, -0.1) is 0 Å². The Morgan fingerprint density at radius 1 is 1.22 bits per heavy atom. The van der Waals surface area contributed by atoms with E-state index in [1.165, 1.54) is 0 Å². The SMILES string of the molecule is C=Cc1ccc(-c2cncc(N3CCNCC3)n2)cc1N.CC. The quantitative estimate of drug-likeness (QED) is 0.853. The Bertz CT molecular complexity index is 648. The van der Waals surface area contributed by atoms with Crippen LogP contribution in [0.2, 0.25) is 0 Å². The average molecular weight is 311 g/mol. The summed E-state index contributed by atoms with van der Waals surface area (Å²) in [4.78, 5) is 11.3. The van der Waals surface area contributed by atoms with Gasteiger partial charge in [0.05, 0.1) is 18.1 Å². The van der Waals surface area contributed by atoms with Crippen molar-refractivity contribution < 1.29 is 0 Å². The molecule has 5 nitrogen and oxygen atoms in total. The van der Waals surface area contributed by atoms with Crippen molar-refractivity contribution in [1.29, 1.82) is 0 Å². The fourth-order valence-corrected chi connectivity index (χ4v) is 2.46. The van der Waals surface area contributed by atoms with Gasteiger partial charge in [-0.25, -0.2) is 4.98 Å². The van der Waals surface area contributed by atoms with Gasteiger partial charge in [-0.2, -0.15) is 0 Å². The van der Waals surface area contributed by atoms with E-state index >= 15 is 0 Å². The first-order valence-corrected chi connectivity index (χ1v) is 8.08. The van der Waals surface area contributed by atoms with Crippen molar-refractivity contribution in [3.05, 3.63) is 42.7 Å². The molecule has 1 aliphatic rings. The van der Waals surface area contributed by atoms with Crippen LogP contribution in [-0.2, 0) is 0 Å². The standard InChI is InChI=1S/C16H19N5.C2H6/c1-2-12-3-4-13(9-14(12)17)15-10-19-11-16(20-15)21-7-5-18-6-8-21;1-2/h2-4,9-11,18H,1,5-8,17H2;1-2H3. The molecule has 1 aromatic heterocycles. The Morgan fingerprint density at radius 2 is 1.96 bits per heavy atom. The zero-order chi connectivity index (χ0) is 16.7. The number of hydrogen-bond donors (Lipinski definition) is 2. The highest BCUT2D eigenvalue weighted by molar-refractivity contribution is 5.72. The maximum absolute atomic E-state index is 6.01. The van der Waals surface area contributed by atoms with Gasteiger partial charge in [0.1, 0.15) is 5.82 Å². The maximum Gasteiger partial charge on any atom is 0.147 e. The average Bonchev–Trinajstić information content (AvgIpc) is 2.64. The Labute approximate surface area is 138 Å². The lowest BCUT2D eigenvalue weighted by Gasteiger charge is -2.28. The lowest BCUT2D eigenvalue weighted by molar-refractivity contribution is 0.584. The van der Waals surface area contributed by atoms with Gasteiger partial charge >= 0.3 is 0 Å². The molecule has 1 aliphatic heterocycles. The highest BCUT2D eigenvalue weighted by Crippen LogP contribution is 2.24. The smallest absolute Gasteiger partial charge is 0.147 e. The molecule has 0 unspecified atom stereocenters. The molecule has 23 heavy (non-hydrogen) atoms. The van der Waals surface area contributed by atoms with E-state index in [0.717, 1.165) is 48.8 Å². The molecule has 1 aromatic carbocycles. The van der Waals surface area contributed by atoms with Gasteiger partial charge in [0, 0.05) is 37.4 Å². The van der Waals surface area contributed by atoms with Crippen molar-refractivity contribution in [3.63, 3.8) is 0 Å². The Kier molecular flexibility index (Phi) is 6.11. The summed E-state index contributed by atoms with van der Waals surface area (Å²) in [5, 5.41) is 3.34. The van der Waals surface area contributed by atoms with E-state index < -0.39 is 0 Å². The highest BCUT2D eigenvalue weighted by atomic mass is 15.2. The van der Waals surface area contributed by atoms with Crippen LogP contribution in [0.15, 0.2) is 37.2 Å². The molecule has 0 atom stereocenters. The van der Waals surface area contributed by atoms with Crippen LogP contribution in [0.25, 0.3) is 17.3 Å². The third kappa shape index (κ3) is 4.07. The van der Waals surface area contributed by atoms with Crippen LogP contribution in [0.4, 0.5) is 11.5 Å². The summed E-state index contributed by atoms with van der Waals surface area (Å²) in [6, 6.07) is 5.87. The molecule has 122 valence electrons. The number of piperazine rings is 1. The van der Waals surface area contributed by atoms with Crippen LogP contribution < -0.4 is 16.0 Å². The zero-order valence-electron chi connectivity index (χ0n) is 13.9. The van der Waals surface area contributed by atoms with Crippen molar-refractivity contribution >= 4 is 17.6 Å². The van der Waals surface area contributed by atoms with Gasteiger partial charge in [0.25, 0.3) is 0 Å². The van der Waals surface area contributed by atoms with E-state index in [1.807, 2.05) is 38.2 Å². The third-order valence-corrected chi connectivity index (χ3v) is 3.67. The largest absolute Gasteiger partial charge is 0.398 e. The fourth-order valence-electron chi connectivity index (χ4n) is 2.46. The summed E-state index contributed by atoms with van der Waals surface area (Å²) >= 11 is 0. The van der Waals surface area contributed by atoms with Crippen molar-refractivity contribution in [3.8, 4) is 11.3 Å². The van der Waals surface area contributed by atoms with Crippen LogP contribution in [-0.4, -0.2) is 36.1 Å². The molecule has 0 bridgehead atoms. The van der Waals surface area contributed by atoms with E-state index in [9.17, 15) is 0 Å². The lowest BCUT2D eigenvalue weighted by Crippen LogP contribution is -2.43. The predicted octanol–water partition coefficient (Wildman–Crippen LogP) is 2.80. The van der Waals surface area contributed by atoms with Crippen molar-refractivity contribution in [2.45, 2.75) is 13.8 Å². The minimum absolute atomic E-state index is 0.705. The number of nitrogen functional groups attached to an aromatic ring is 1. The first kappa shape index (κ1) is 17.0. The van der Waals surface area contributed by atoms with Gasteiger partial charge in [0.15, 0.2) is 0 Å². The Balaban J connectivity index is 0.000000924. The first-order valence-electron chi connectivity index (χ1n) is 8.08. The second kappa shape index (κ2) is 8.29. The number of nitrogens with two attached hydrogens (primary N) is 1. The topological polar surface area (TPSA) is 67.1 Å². The van der Waals surface area contributed by atoms with Crippen molar-refractivity contribution in [1.82, 2.24) is 15.3 Å². The monoisotopic (exact) mass is 311 g/mol.